The molecule has 0 saturated carbocycles. The van der Waals surface area contributed by atoms with E-state index in [-0.39, 0.29) is 18.5 Å². The number of halogens is 1. The molecule has 1 saturated heterocycles. The van der Waals surface area contributed by atoms with Gasteiger partial charge in [0.15, 0.2) is 0 Å². The van der Waals surface area contributed by atoms with Crippen molar-refractivity contribution in [2.24, 2.45) is 0 Å². The molecule has 1 aliphatic rings. The zero-order valence-electron chi connectivity index (χ0n) is 13.7. The number of hydrogen-bond acceptors (Lipinski definition) is 3. The monoisotopic (exact) mass is 403 g/mol. The first-order valence-corrected chi connectivity index (χ1v) is 8.62. The van der Waals surface area contributed by atoms with Crippen LogP contribution < -0.4 is 15.0 Å². The van der Waals surface area contributed by atoms with Crippen LogP contribution in [0.4, 0.5) is 16.2 Å². The van der Waals surface area contributed by atoms with Gasteiger partial charge >= 0.3 is 6.03 Å². The lowest BCUT2D eigenvalue weighted by molar-refractivity contribution is -0.116. The summed E-state index contributed by atoms with van der Waals surface area (Å²) in [5.74, 6) is 0.522. The van der Waals surface area contributed by atoms with Gasteiger partial charge in [-0.1, -0.05) is 15.9 Å². The largest absolute Gasteiger partial charge is 0.497 e. The second-order valence-electron chi connectivity index (χ2n) is 5.61. The van der Waals surface area contributed by atoms with Crippen LogP contribution in [-0.2, 0) is 4.79 Å². The van der Waals surface area contributed by atoms with Gasteiger partial charge in [-0.2, -0.15) is 0 Å². The third-order valence-corrected chi connectivity index (χ3v) is 4.47. The van der Waals surface area contributed by atoms with Crippen LogP contribution in [0.2, 0.25) is 0 Å². The van der Waals surface area contributed by atoms with E-state index in [9.17, 15) is 9.59 Å². The molecule has 7 heteroatoms. The average Bonchev–Trinajstić information content (AvgIpc) is 2.97. The average molecular weight is 404 g/mol. The molecule has 1 fully saturated rings. The highest BCUT2D eigenvalue weighted by molar-refractivity contribution is 9.10. The summed E-state index contributed by atoms with van der Waals surface area (Å²) in [7, 11) is 1.60. The van der Waals surface area contributed by atoms with Gasteiger partial charge in [-0.25, -0.2) is 4.79 Å². The van der Waals surface area contributed by atoms with E-state index in [1.807, 2.05) is 36.4 Å². The van der Waals surface area contributed by atoms with Crippen LogP contribution in [0.5, 0.6) is 5.75 Å². The number of methoxy groups -OCH3 is 1. The first kappa shape index (κ1) is 17.3. The SMILES string of the molecule is COc1ccc(N2CCN(CC(=O)Nc3ccc(Br)cc3)C2=O)cc1. The normalized spacial score (nSPS) is 13.9. The van der Waals surface area contributed by atoms with E-state index < -0.39 is 0 Å². The van der Waals surface area contributed by atoms with Crippen LogP contribution in [-0.4, -0.2) is 43.6 Å². The fourth-order valence-corrected chi connectivity index (χ4v) is 2.90. The Kier molecular flexibility index (Phi) is 5.23. The summed E-state index contributed by atoms with van der Waals surface area (Å²) in [5, 5.41) is 2.80. The first-order chi connectivity index (χ1) is 12.1. The van der Waals surface area contributed by atoms with Crippen molar-refractivity contribution in [2.45, 2.75) is 0 Å². The van der Waals surface area contributed by atoms with Gasteiger partial charge in [0.2, 0.25) is 5.91 Å². The molecule has 0 unspecified atom stereocenters. The van der Waals surface area contributed by atoms with Gasteiger partial charge in [-0.05, 0) is 48.5 Å². The number of nitrogens with one attached hydrogen (secondary N) is 1. The highest BCUT2D eigenvalue weighted by atomic mass is 79.9. The van der Waals surface area contributed by atoms with Crippen LogP contribution in [0.1, 0.15) is 0 Å². The Hall–Kier alpha value is -2.54. The fraction of sp³-hybridized carbons (Fsp3) is 0.222. The van der Waals surface area contributed by atoms with E-state index >= 15 is 0 Å². The molecule has 2 aromatic rings. The Bertz CT molecular complexity index is 762. The summed E-state index contributed by atoms with van der Waals surface area (Å²) in [4.78, 5) is 27.9. The molecule has 3 rings (SSSR count). The maximum absolute atomic E-state index is 12.5. The van der Waals surface area contributed by atoms with E-state index in [0.717, 1.165) is 15.9 Å². The lowest BCUT2D eigenvalue weighted by Crippen LogP contribution is -2.37. The molecular weight excluding hydrogens is 386 g/mol. The second kappa shape index (κ2) is 7.57. The molecule has 1 heterocycles. The number of anilines is 2. The number of benzene rings is 2. The molecule has 1 aliphatic heterocycles. The van der Waals surface area contributed by atoms with Crippen molar-refractivity contribution < 1.29 is 14.3 Å². The predicted octanol–water partition coefficient (Wildman–Crippen LogP) is 3.34. The second-order valence-corrected chi connectivity index (χ2v) is 6.52. The van der Waals surface area contributed by atoms with E-state index in [1.165, 1.54) is 0 Å². The minimum absolute atomic E-state index is 0.0293. The van der Waals surface area contributed by atoms with Crippen LogP contribution in [0.3, 0.4) is 0 Å². The number of hydrogen-bond donors (Lipinski definition) is 1. The third kappa shape index (κ3) is 4.11. The van der Waals surface area contributed by atoms with Gasteiger partial charge in [0.05, 0.1) is 7.11 Å². The Morgan fingerprint density at radius 3 is 2.44 bits per heavy atom. The first-order valence-electron chi connectivity index (χ1n) is 7.83. The van der Waals surface area contributed by atoms with Crippen molar-refractivity contribution in [2.75, 3.05) is 37.0 Å². The van der Waals surface area contributed by atoms with Crippen molar-refractivity contribution in [3.05, 3.63) is 53.0 Å². The van der Waals surface area contributed by atoms with Crippen LogP contribution >= 0.6 is 15.9 Å². The molecule has 0 radical (unpaired) electrons. The van der Waals surface area contributed by atoms with E-state index in [1.54, 1.807) is 29.0 Å². The Balaban J connectivity index is 1.59. The Morgan fingerprint density at radius 1 is 1.12 bits per heavy atom. The summed E-state index contributed by atoms with van der Waals surface area (Å²) in [6.07, 6.45) is 0. The molecule has 0 aromatic heterocycles. The summed E-state index contributed by atoms with van der Waals surface area (Å²) in [5.41, 5.74) is 1.49. The van der Waals surface area contributed by atoms with Gasteiger partial charge in [-0.3, -0.25) is 9.69 Å². The van der Waals surface area contributed by atoms with Crippen molar-refractivity contribution in [1.29, 1.82) is 0 Å². The van der Waals surface area contributed by atoms with Crippen molar-refractivity contribution in [3.63, 3.8) is 0 Å². The number of amides is 3. The Morgan fingerprint density at radius 2 is 1.80 bits per heavy atom. The third-order valence-electron chi connectivity index (χ3n) is 3.94. The number of rotatable bonds is 5. The lowest BCUT2D eigenvalue weighted by Gasteiger charge is -2.18. The molecule has 2 aromatic carbocycles. The fourth-order valence-electron chi connectivity index (χ4n) is 2.64. The van der Waals surface area contributed by atoms with Gasteiger partial charge in [0, 0.05) is 28.9 Å². The maximum atomic E-state index is 12.5. The molecule has 1 N–H and O–H groups in total. The summed E-state index contributed by atoms with van der Waals surface area (Å²) < 4.78 is 6.07. The van der Waals surface area contributed by atoms with Gasteiger partial charge in [-0.15, -0.1) is 0 Å². The number of carbonyl (C=O) groups excluding carboxylic acids is 2. The topological polar surface area (TPSA) is 61.9 Å². The van der Waals surface area contributed by atoms with Crippen LogP contribution in [0.25, 0.3) is 0 Å². The molecule has 0 bridgehead atoms. The predicted molar refractivity (Wildman–Crippen MR) is 100 cm³/mol. The van der Waals surface area contributed by atoms with E-state index in [0.29, 0.717) is 18.8 Å². The standard InChI is InChI=1S/C18H18BrN3O3/c1-25-16-8-6-15(7-9-16)22-11-10-21(18(22)24)12-17(23)20-14-4-2-13(19)3-5-14/h2-9H,10-12H2,1H3,(H,20,23). The zero-order chi connectivity index (χ0) is 17.8. The molecular formula is C18H18BrN3O3. The summed E-state index contributed by atoms with van der Waals surface area (Å²) in [6.45, 7) is 1.09. The van der Waals surface area contributed by atoms with E-state index in [4.69, 9.17) is 4.74 Å². The molecule has 0 aliphatic carbocycles. The Labute approximate surface area is 154 Å². The molecule has 3 amide bonds. The van der Waals surface area contributed by atoms with Crippen LogP contribution in [0, 0.1) is 0 Å². The molecule has 6 nitrogen and oxygen atoms in total. The van der Waals surface area contributed by atoms with Crippen molar-refractivity contribution in [1.82, 2.24) is 4.90 Å². The van der Waals surface area contributed by atoms with Crippen LogP contribution in [0.15, 0.2) is 53.0 Å². The number of ether oxygens (including phenoxy) is 1. The molecule has 25 heavy (non-hydrogen) atoms. The molecule has 0 atom stereocenters. The quantitative estimate of drug-likeness (QED) is 0.832. The number of nitrogens with zero attached hydrogens (tertiary/aromatic N) is 2. The minimum atomic E-state index is -0.216. The van der Waals surface area contributed by atoms with Gasteiger partial charge < -0.3 is 15.0 Å². The van der Waals surface area contributed by atoms with E-state index in [2.05, 4.69) is 21.2 Å². The smallest absolute Gasteiger partial charge is 0.325 e. The number of carbonyl (C=O) groups is 2. The minimum Gasteiger partial charge on any atom is -0.497 e. The maximum Gasteiger partial charge on any atom is 0.325 e. The number of urea groups is 1. The summed E-state index contributed by atoms with van der Waals surface area (Å²) in [6, 6.07) is 14.4. The van der Waals surface area contributed by atoms with Crippen molar-refractivity contribution >= 4 is 39.2 Å². The summed E-state index contributed by atoms with van der Waals surface area (Å²) >= 11 is 3.35. The van der Waals surface area contributed by atoms with Crippen molar-refractivity contribution in [3.8, 4) is 5.75 Å². The molecule has 130 valence electrons. The van der Waals surface area contributed by atoms with Gasteiger partial charge in [0.25, 0.3) is 0 Å². The highest BCUT2D eigenvalue weighted by Crippen LogP contribution is 2.23. The highest BCUT2D eigenvalue weighted by Gasteiger charge is 2.30. The zero-order valence-corrected chi connectivity index (χ0v) is 15.3. The lowest BCUT2D eigenvalue weighted by atomic mass is 10.3. The molecule has 0 spiro atoms. The van der Waals surface area contributed by atoms with Gasteiger partial charge in [0.1, 0.15) is 12.3 Å².